The number of carboxylic acids is 1. The summed E-state index contributed by atoms with van der Waals surface area (Å²) in [4.78, 5) is 27.1. The topological polar surface area (TPSA) is 117 Å². The van der Waals surface area contributed by atoms with Crippen molar-refractivity contribution in [1.82, 2.24) is 20.8 Å². The van der Waals surface area contributed by atoms with Gasteiger partial charge in [-0.1, -0.05) is 24.4 Å². The molecule has 0 radical (unpaired) electrons. The SMILES string of the molecule is Cc1nc(CNC(=O)NC(C(=O)O)C2CCCCC2)no1. The number of amides is 2. The van der Waals surface area contributed by atoms with Gasteiger partial charge in [0, 0.05) is 6.92 Å². The van der Waals surface area contributed by atoms with Crippen LogP contribution < -0.4 is 10.6 Å². The molecule has 2 amide bonds. The highest BCUT2D eigenvalue weighted by Gasteiger charge is 2.30. The van der Waals surface area contributed by atoms with E-state index in [-0.39, 0.29) is 12.5 Å². The number of hydrogen-bond acceptors (Lipinski definition) is 5. The average Bonchev–Trinajstić information content (AvgIpc) is 2.89. The highest BCUT2D eigenvalue weighted by molar-refractivity contribution is 5.82. The van der Waals surface area contributed by atoms with Crippen LogP contribution in [0.25, 0.3) is 0 Å². The van der Waals surface area contributed by atoms with Crippen LogP contribution in [0.3, 0.4) is 0 Å². The minimum absolute atomic E-state index is 0.00517. The molecule has 1 aromatic rings. The summed E-state index contributed by atoms with van der Waals surface area (Å²) in [5.41, 5.74) is 0. The number of rotatable bonds is 5. The van der Waals surface area contributed by atoms with Gasteiger partial charge in [0.15, 0.2) is 5.82 Å². The number of carbonyl (C=O) groups is 2. The first-order valence-corrected chi connectivity index (χ1v) is 7.12. The predicted octanol–water partition coefficient (Wildman–Crippen LogP) is 1.21. The van der Waals surface area contributed by atoms with E-state index in [1.54, 1.807) is 6.92 Å². The van der Waals surface area contributed by atoms with E-state index in [1.807, 2.05) is 0 Å². The summed E-state index contributed by atoms with van der Waals surface area (Å²) in [6.45, 7) is 1.75. The van der Waals surface area contributed by atoms with Gasteiger partial charge in [0.1, 0.15) is 6.04 Å². The standard InChI is InChI=1S/C13H20N4O4/c1-8-15-10(17-21-8)7-14-13(20)16-11(12(18)19)9-5-3-2-4-6-9/h9,11H,2-7H2,1H3,(H,18,19)(H2,14,16,20). The van der Waals surface area contributed by atoms with E-state index in [0.29, 0.717) is 11.7 Å². The number of hydrogen-bond donors (Lipinski definition) is 3. The lowest BCUT2D eigenvalue weighted by atomic mass is 9.84. The van der Waals surface area contributed by atoms with Crippen molar-refractivity contribution in [3.05, 3.63) is 11.7 Å². The molecule has 0 bridgehead atoms. The number of carbonyl (C=O) groups excluding carboxylic acids is 1. The summed E-state index contributed by atoms with van der Waals surface area (Å²) in [5.74, 6) is -0.230. The number of carboxylic acid groups (broad SMARTS) is 1. The molecule has 0 spiro atoms. The number of aromatic nitrogens is 2. The van der Waals surface area contributed by atoms with Crippen LogP contribution in [0.1, 0.15) is 43.8 Å². The lowest BCUT2D eigenvalue weighted by molar-refractivity contribution is -0.141. The maximum absolute atomic E-state index is 11.8. The van der Waals surface area contributed by atoms with Gasteiger partial charge in [0.25, 0.3) is 0 Å². The van der Waals surface area contributed by atoms with Gasteiger partial charge in [-0.3, -0.25) is 0 Å². The molecule has 1 fully saturated rings. The average molecular weight is 296 g/mol. The second kappa shape index (κ2) is 7.05. The number of aliphatic carboxylic acids is 1. The van der Waals surface area contributed by atoms with Crippen molar-refractivity contribution in [3.63, 3.8) is 0 Å². The van der Waals surface area contributed by atoms with Gasteiger partial charge in [0.2, 0.25) is 5.89 Å². The Morgan fingerprint density at radius 3 is 2.67 bits per heavy atom. The van der Waals surface area contributed by atoms with Crippen molar-refractivity contribution < 1.29 is 19.2 Å². The Hall–Kier alpha value is -2.12. The summed E-state index contributed by atoms with van der Waals surface area (Å²) in [5, 5.41) is 18.0. The summed E-state index contributed by atoms with van der Waals surface area (Å²) in [6.07, 6.45) is 4.83. The van der Waals surface area contributed by atoms with E-state index in [0.717, 1.165) is 32.1 Å². The minimum atomic E-state index is -0.993. The maximum atomic E-state index is 11.8. The summed E-state index contributed by atoms with van der Waals surface area (Å²) >= 11 is 0. The van der Waals surface area contributed by atoms with Crippen LogP contribution in [0.2, 0.25) is 0 Å². The largest absolute Gasteiger partial charge is 0.480 e. The van der Waals surface area contributed by atoms with Crippen molar-refractivity contribution >= 4 is 12.0 Å². The molecule has 1 saturated carbocycles. The van der Waals surface area contributed by atoms with Gasteiger partial charge in [-0.2, -0.15) is 4.98 Å². The van der Waals surface area contributed by atoms with E-state index < -0.39 is 18.0 Å². The van der Waals surface area contributed by atoms with E-state index in [4.69, 9.17) is 4.52 Å². The van der Waals surface area contributed by atoms with Crippen LogP contribution in [0.4, 0.5) is 4.79 Å². The molecule has 1 heterocycles. The normalized spacial score (nSPS) is 17.2. The van der Waals surface area contributed by atoms with E-state index >= 15 is 0 Å². The smallest absolute Gasteiger partial charge is 0.326 e. The summed E-state index contributed by atoms with van der Waals surface area (Å²) in [7, 11) is 0. The Balaban J connectivity index is 1.84. The highest BCUT2D eigenvalue weighted by Crippen LogP contribution is 2.26. The third-order valence-electron chi connectivity index (χ3n) is 3.65. The molecule has 1 aliphatic rings. The zero-order valence-corrected chi connectivity index (χ0v) is 12.0. The maximum Gasteiger partial charge on any atom is 0.326 e. The second-order valence-corrected chi connectivity index (χ2v) is 5.27. The number of nitrogens with zero attached hydrogens (tertiary/aromatic N) is 2. The Labute approximate surface area is 122 Å². The Bertz CT molecular complexity index is 496. The molecule has 1 unspecified atom stereocenters. The van der Waals surface area contributed by atoms with Gasteiger partial charge >= 0.3 is 12.0 Å². The molecule has 0 aliphatic heterocycles. The fourth-order valence-corrected chi connectivity index (χ4v) is 2.61. The zero-order valence-electron chi connectivity index (χ0n) is 12.0. The van der Waals surface area contributed by atoms with Gasteiger partial charge in [-0.25, -0.2) is 9.59 Å². The van der Waals surface area contributed by atoms with Crippen LogP contribution in [-0.2, 0) is 11.3 Å². The third kappa shape index (κ3) is 4.44. The molecular formula is C13H20N4O4. The van der Waals surface area contributed by atoms with Gasteiger partial charge in [-0.05, 0) is 18.8 Å². The van der Waals surface area contributed by atoms with Crippen molar-refractivity contribution in [2.24, 2.45) is 5.92 Å². The second-order valence-electron chi connectivity index (χ2n) is 5.27. The van der Waals surface area contributed by atoms with E-state index in [9.17, 15) is 14.7 Å². The predicted molar refractivity (Wildman–Crippen MR) is 72.4 cm³/mol. The monoisotopic (exact) mass is 296 g/mol. The van der Waals surface area contributed by atoms with Crippen molar-refractivity contribution in [2.45, 2.75) is 51.6 Å². The van der Waals surface area contributed by atoms with Crippen LogP contribution >= 0.6 is 0 Å². The van der Waals surface area contributed by atoms with Crippen LogP contribution in [0.15, 0.2) is 4.52 Å². The van der Waals surface area contributed by atoms with Crippen LogP contribution in [0, 0.1) is 12.8 Å². The molecule has 8 nitrogen and oxygen atoms in total. The molecule has 1 aromatic heterocycles. The zero-order chi connectivity index (χ0) is 15.2. The fourth-order valence-electron chi connectivity index (χ4n) is 2.61. The molecule has 0 aromatic carbocycles. The molecule has 116 valence electrons. The molecular weight excluding hydrogens is 276 g/mol. The Kier molecular flexibility index (Phi) is 5.13. The van der Waals surface area contributed by atoms with Gasteiger partial charge < -0.3 is 20.3 Å². The third-order valence-corrected chi connectivity index (χ3v) is 3.65. The van der Waals surface area contributed by atoms with Crippen LogP contribution in [0.5, 0.6) is 0 Å². The molecule has 3 N–H and O–H groups in total. The van der Waals surface area contributed by atoms with Gasteiger partial charge in [-0.15, -0.1) is 0 Å². The van der Waals surface area contributed by atoms with Gasteiger partial charge in [0.05, 0.1) is 6.54 Å². The first kappa shape index (κ1) is 15.3. The Morgan fingerprint density at radius 2 is 2.10 bits per heavy atom. The minimum Gasteiger partial charge on any atom is -0.480 e. The molecule has 1 atom stereocenters. The first-order chi connectivity index (χ1) is 10.1. The van der Waals surface area contributed by atoms with E-state index in [1.165, 1.54) is 0 Å². The molecule has 2 rings (SSSR count). The summed E-state index contributed by atoms with van der Waals surface area (Å²) < 4.78 is 4.78. The molecule has 21 heavy (non-hydrogen) atoms. The van der Waals surface area contributed by atoms with Crippen molar-refractivity contribution in [2.75, 3.05) is 0 Å². The summed E-state index contributed by atoms with van der Waals surface area (Å²) in [6, 6.07) is -1.38. The molecule has 1 aliphatic carbocycles. The number of aryl methyl sites for hydroxylation is 1. The quantitative estimate of drug-likeness (QED) is 0.751. The highest BCUT2D eigenvalue weighted by atomic mass is 16.5. The molecule has 8 heteroatoms. The van der Waals surface area contributed by atoms with Crippen molar-refractivity contribution in [3.8, 4) is 0 Å². The lowest BCUT2D eigenvalue weighted by Crippen LogP contribution is -2.50. The van der Waals surface area contributed by atoms with E-state index in [2.05, 4.69) is 20.8 Å². The lowest BCUT2D eigenvalue weighted by Gasteiger charge is -2.27. The number of nitrogens with one attached hydrogen (secondary N) is 2. The Morgan fingerprint density at radius 1 is 1.38 bits per heavy atom. The van der Waals surface area contributed by atoms with Crippen molar-refractivity contribution in [1.29, 1.82) is 0 Å². The fraction of sp³-hybridized carbons (Fsp3) is 0.692. The van der Waals surface area contributed by atoms with Crippen LogP contribution in [-0.4, -0.2) is 33.3 Å². The molecule has 0 saturated heterocycles. The first-order valence-electron chi connectivity index (χ1n) is 7.12. The number of urea groups is 1.